The maximum atomic E-state index is 13.3. The van der Waals surface area contributed by atoms with Crippen LogP contribution >= 0.6 is 11.6 Å². The zero-order valence-electron chi connectivity index (χ0n) is 19.4. The molecule has 2 aromatic carbocycles. The van der Waals surface area contributed by atoms with Gasteiger partial charge in [-0.15, -0.1) is 0 Å². The fourth-order valence-electron chi connectivity index (χ4n) is 3.97. The van der Waals surface area contributed by atoms with Gasteiger partial charge in [0, 0.05) is 18.1 Å². The molecule has 35 heavy (non-hydrogen) atoms. The van der Waals surface area contributed by atoms with Gasteiger partial charge in [0.05, 0.1) is 36.9 Å². The number of halogens is 1. The maximum absolute atomic E-state index is 13.3. The Hall–Kier alpha value is -3.63. The van der Waals surface area contributed by atoms with E-state index in [9.17, 15) is 19.2 Å². The first kappa shape index (κ1) is 24.5. The second-order valence-corrected chi connectivity index (χ2v) is 8.53. The molecule has 1 aromatic heterocycles. The Morgan fingerprint density at radius 3 is 2.51 bits per heavy atom. The molecule has 1 fully saturated rings. The topological polar surface area (TPSA) is 112 Å². The lowest BCUT2D eigenvalue weighted by molar-refractivity contribution is -0.136. The molecule has 0 saturated carbocycles. The highest BCUT2D eigenvalue weighted by atomic mass is 35.5. The van der Waals surface area contributed by atoms with Crippen LogP contribution in [0.25, 0.3) is 10.9 Å². The summed E-state index contributed by atoms with van der Waals surface area (Å²) in [5.41, 5.74) is 0.0823. The molecule has 1 N–H and O–H groups in total. The van der Waals surface area contributed by atoms with Gasteiger partial charge < -0.3 is 19.7 Å². The highest BCUT2D eigenvalue weighted by molar-refractivity contribution is 6.31. The molecule has 3 aromatic rings. The van der Waals surface area contributed by atoms with E-state index in [-0.39, 0.29) is 17.8 Å². The van der Waals surface area contributed by atoms with Crippen molar-refractivity contribution in [2.24, 2.45) is 0 Å². The quantitative estimate of drug-likeness (QED) is 0.550. The monoisotopic (exact) mass is 500 g/mol. The third-order valence-electron chi connectivity index (χ3n) is 5.85. The van der Waals surface area contributed by atoms with Crippen LogP contribution in [0.4, 0.5) is 5.69 Å². The number of ether oxygens (including phenoxy) is 2. The van der Waals surface area contributed by atoms with E-state index in [1.54, 1.807) is 41.3 Å². The van der Waals surface area contributed by atoms with Crippen molar-refractivity contribution in [3.8, 4) is 5.75 Å². The number of hydrogen-bond donors (Lipinski definition) is 1. The van der Waals surface area contributed by atoms with Crippen LogP contribution in [0, 0.1) is 6.92 Å². The average molecular weight is 501 g/mol. The Bertz CT molecular complexity index is 1410. The number of morpholine rings is 1. The summed E-state index contributed by atoms with van der Waals surface area (Å²) in [5, 5.41) is 3.38. The maximum Gasteiger partial charge on any atom is 0.332 e. The number of benzene rings is 2. The Kier molecular flexibility index (Phi) is 7.23. The van der Waals surface area contributed by atoms with E-state index in [4.69, 9.17) is 21.1 Å². The highest BCUT2D eigenvalue weighted by Crippen LogP contribution is 2.30. The van der Waals surface area contributed by atoms with Gasteiger partial charge in [-0.1, -0.05) is 23.7 Å². The molecule has 1 aliphatic heterocycles. The van der Waals surface area contributed by atoms with Gasteiger partial charge in [0.1, 0.15) is 18.8 Å². The van der Waals surface area contributed by atoms with Crippen LogP contribution in [0.15, 0.2) is 46.0 Å². The van der Waals surface area contributed by atoms with Gasteiger partial charge in [0.25, 0.3) is 5.56 Å². The zero-order chi connectivity index (χ0) is 25.1. The van der Waals surface area contributed by atoms with E-state index in [1.807, 2.05) is 6.92 Å². The first-order valence-corrected chi connectivity index (χ1v) is 11.4. The lowest BCUT2D eigenvalue weighted by atomic mass is 10.2. The molecule has 2 heterocycles. The van der Waals surface area contributed by atoms with Gasteiger partial charge >= 0.3 is 5.69 Å². The minimum Gasteiger partial charge on any atom is -0.495 e. The molecule has 184 valence electrons. The Balaban J connectivity index is 1.69. The molecule has 2 amide bonds. The summed E-state index contributed by atoms with van der Waals surface area (Å²) in [6, 6.07) is 9.73. The molecule has 10 nitrogen and oxygen atoms in total. The second kappa shape index (κ2) is 10.3. The summed E-state index contributed by atoms with van der Waals surface area (Å²) in [6.45, 7) is 2.57. The Labute approximate surface area is 205 Å². The Morgan fingerprint density at radius 1 is 1.09 bits per heavy atom. The molecule has 1 saturated heterocycles. The van der Waals surface area contributed by atoms with Crippen molar-refractivity contribution in [2.75, 3.05) is 38.7 Å². The van der Waals surface area contributed by atoms with Crippen molar-refractivity contribution in [1.29, 1.82) is 0 Å². The number of aromatic nitrogens is 2. The van der Waals surface area contributed by atoms with Crippen LogP contribution in [-0.4, -0.2) is 59.3 Å². The number of amides is 2. The number of methoxy groups -OCH3 is 1. The van der Waals surface area contributed by atoms with Crippen LogP contribution in [-0.2, 0) is 27.4 Å². The normalized spacial score (nSPS) is 13.6. The number of anilines is 1. The fourth-order valence-corrected chi connectivity index (χ4v) is 4.13. The summed E-state index contributed by atoms with van der Waals surface area (Å²) < 4.78 is 12.6. The second-order valence-electron chi connectivity index (χ2n) is 8.12. The molecule has 0 spiro atoms. The van der Waals surface area contributed by atoms with Gasteiger partial charge in [-0.05, 0) is 36.8 Å². The number of aryl methyl sites for hydroxylation is 1. The molecule has 0 aliphatic carbocycles. The molecule has 0 radical (unpaired) electrons. The number of carbonyl (C=O) groups is 2. The third kappa shape index (κ3) is 5.08. The van der Waals surface area contributed by atoms with Crippen LogP contribution in [0.3, 0.4) is 0 Å². The molecule has 4 rings (SSSR count). The number of nitrogens with zero attached hydrogens (tertiary/aromatic N) is 3. The number of hydrogen-bond acceptors (Lipinski definition) is 6. The first-order valence-electron chi connectivity index (χ1n) is 11.0. The number of nitrogens with one attached hydrogen (secondary N) is 1. The molecule has 1 aliphatic rings. The predicted molar refractivity (Wildman–Crippen MR) is 131 cm³/mol. The van der Waals surface area contributed by atoms with Crippen LogP contribution in [0.5, 0.6) is 5.75 Å². The predicted octanol–water partition coefficient (Wildman–Crippen LogP) is 1.63. The van der Waals surface area contributed by atoms with Crippen molar-refractivity contribution >= 4 is 40.0 Å². The van der Waals surface area contributed by atoms with E-state index < -0.39 is 23.7 Å². The summed E-state index contributed by atoms with van der Waals surface area (Å²) in [7, 11) is 1.47. The molecular weight excluding hydrogens is 476 g/mol. The lowest BCUT2D eigenvalue weighted by Crippen LogP contribution is -2.48. The van der Waals surface area contributed by atoms with Crippen LogP contribution in [0.2, 0.25) is 5.02 Å². The third-order valence-corrected chi connectivity index (χ3v) is 6.25. The highest BCUT2D eigenvalue weighted by Gasteiger charge is 2.22. The average Bonchev–Trinajstić information content (AvgIpc) is 2.86. The molecule has 0 atom stereocenters. The SMILES string of the molecule is COc1cc(C)c(Cl)cc1NC(=O)Cn1c(=O)n(CC(=O)N2CCOCC2)c(=O)c2ccccc21. The van der Waals surface area contributed by atoms with Gasteiger partial charge in [0.15, 0.2) is 0 Å². The largest absolute Gasteiger partial charge is 0.495 e. The number of para-hydroxylation sites is 1. The summed E-state index contributed by atoms with van der Waals surface area (Å²) in [6.07, 6.45) is 0. The van der Waals surface area contributed by atoms with Crippen LogP contribution < -0.4 is 21.3 Å². The minimum absolute atomic E-state index is 0.227. The lowest BCUT2D eigenvalue weighted by Gasteiger charge is -2.27. The van der Waals surface area contributed by atoms with E-state index >= 15 is 0 Å². The van der Waals surface area contributed by atoms with Crippen LogP contribution in [0.1, 0.15) is 5.56 Å². The van der Waals surface area contributed by atoms with Crippen molar-refractivity contribution in [2.45, 2.75) is 20.0 Å². The standard InChI is InChI=1S/C24H25ClN4O6/c1-15-11-20(34-2)18(12-17(15)25)26-21(30)13-28-19-6-4-3-5-16(19)23(32)29(24(28)33)14-22(31)27-7-9-35-10-8-27/h3-6,11-12H,7-10,13-14H2,1-2H3,(H,26,30). The first-order chi connectivity index (χ1) is 16.8. The van der Waals surface area contributed by atoms with E-state index in [2.05, 4.69) is 5.32 Å². The summed E-state index contributed by atoms with van der Waals surface area (Å²) >= 11 is 6.20. The van der Waals surface area contributed by atoms with E-state index in [0.717, 1.165) is 10.1 Å². The number of carbonyl (C=O) groups excluding carboxylic acids is 2. The Morgan fingerprint density at radius 2 is 1.80 bits per heavy atom. The number of rotatable bonds is 6. The molecular formula is C24H25ClN4O6. The van der Waals surface area contributed by atoms with Gasteiger partial charge in [-0.25, -0.2) is 4.79 Å². The van der Waals surface area contributed by atoms with Gasteiger partial charge in [-0.3, -0.25) is 23.5 Å². The minimum atomic E-state index is -0.751. The van der Waals surface area contributed by atoms with Crippen molar-refractivity contribution in [3.63, 3.8) is 0 Å². The summed E-state index contributed by atoms with van der Waals surface area (Å²) in [5.74, 6) is -0.475. The summed E-state index contributed by atoms with van der Waals surface area (Å²) in [4.78, 5) is 53.7. The van der Waals surface area contributed by atoms with Crippen molar-refractivity contribution in [3.05, 3.63) is 67.8 Å². The molecule has 0 bridgehead atoms. The van der Waals surface area contributed by atoms with E-state index in [1.165, 1.54) is 11.7 Å². The molecule has 0 unspecified atom stereocenters. The van der Waals surface area contributed by atoms with Gasteiger partial charge in [-0.2, -0.15) is 0 Å². The fraction of sp³-hybridized carbons (Fsp3) is 0.333. The van der Waals surface area contributed by atoms with Crippen molar-refractivity contribution in [1.82, 2.24) is 14.0 Å². The molecule has 11 heteroatoms. The number of fused-ring (bicyclic) bond motifs is 1. The van der Waals surface area contributed by atoms with E-state index in [0.29, 0.717) is 48.3 Å². The zero-order valence-corrected chi connectivity index (χ0v) is 20.1. The smallest absolute Gasteiger partial charge is 0.332 e. The van der Waals surface area contributed by atoms with Crippen molar-refractivity contribution < 1.29 is 19.1 Å². The van der Waals surface area contributed by atoms with Gasteiger partial charge in [0.2, 0.25) is 11.8 Å².